The van der Waals surface area contributed by atoms with Gasteiger partial charge in [-0.2, -0.15) is 0 Å². The Balaban J connectivity index is 1.93. The van der Waals surface area contributed by atoms with Gasteiger partial charge in [0.1, 0.15) is 0 Å². The molecule has 0 aromatic heterocycles. The van der Waals surface area contributed by atoms with Crippen molar-refractivity contribution < 1.29 is 14.3 Å². The average Bonchev–Trinajstić information content (AvgIpc) is 2.95. The van der Waals surface area contributed by atoms with E-state index in [9.17, 15) is 9.59 Å². The molecule has 1 fully saturated rings. The van der Waals surface area contributed by atoms with Gasteiger partial charge in [0.2, 0.25) is 6.41 Å². The van der Waals surface area contributed by atoms with Crippen molar-refractivity contribution in [3.63, 3.8) is 0 Å². The summed E-state index contributed by atoms with van der Waals surface area (Å²) in [6.45, 7) is 8.17. The summed E-state index contributed by atoms with van der Waals surface area (Å²) in [5.41, 5.74) is 3.90. The largest absolute Gasteiger partial charge is 0.381 e. The van der Waals surface area contributed by atoms with Crippen molar-refractivity contribution in [2.75, 3.05) is 7.11 Å². The molecule has 2 aliphatic carbocycles. The van der Waals surface area contributed by atoms with Crippen LogP contribution >= 0.6 is 0 Å². The van der Waals surface area contributed by atoms with Gasteiger partial charge < -0.3 is 10.1 Å². The molecule has 0 aliphatic heterocycles. The lowest BCUT2D eigenvalue weighted by atomic mass is 9.68. The zero-order valence-corrected chi connectivity index (χ0v) is 18.5. The zero-order valence-electron chi connectivity index (χ0n) is 18.5. The van der Waals surface area contributed by atoms with Gasteiger partial charge in [0.05, 0.1) is 12.1 Å². The maximum Gasteiger partial charge on any atom is 0.324 e. The fraction of sp³-hybridized carbons (Fsp3) is 0.667. The van der Waals surface area contributed by atoms with E-state index in [2.05, 4.69) is 37.4 Å². The molecular weight excluding hydrogens is 364 g/mol. The smallest absolute Gasteiger partial charge is 0.324 e. The summed E-state index contributed by atoms with van der Waals surface area (Å²) in [5.74, 6) is 0.583. The van der Waals surface area contributed by atoms with E-state index in [0.717, 1.165) is 38.5 Å². The van der Waals surface area contributed by atoms with Crippen LogP contribution in [-0.4, -0.2) is 36.6 Å². The lowest BCUT2D eigenvalue weighted by molar-refractivity contribution is -0.116. The first-order valence-corrected chi connectivity index (χ1v) is 11.0. The second-order valence-electron chi connectivity index (χ2n) is 9.59. The minimum atomic E-state index is -0.296. The average molecular weight is 401 g/mol. The van der Waals surface area contributed by atoms with Crippen molar-refractivity contribution in [1.82, 2.24) is 10.2 Å². The minimum absolute atomic E-state index is 0.00894. The van der Waals surface area contributed by atoms with Crippen molar-refractivity contribution in [2.45, 2.75) is 84.4 Å². The van der Waals surface area contributed by atoms with E-state index >= 15 is 0 Å². The molecule has 5 nitrogen and oxygen atoms in total. The molecule has 0 saturated heterocycles. The molecule has 0 bridgehead atoms. The van der Waals surface area contributed by atoms with E-state index in [1.807, 2.05) is 13.8 Å². The summed E-state index contributed by atoms with van der Waals surface area (Å²) in [4.78, 5) is 25.7. The third kappa shape index (κ3) is 4.50. The van der Waals surface area contributed by atoms with E-state index in [-0.39, 0.29) is 23.5 Å². The Labute approximate surface area is 175 Å². The number of carbonyl (C=O) groups is 2. The van der Waals surface area contributed by atoms with Crippen LogP contribution in [0.2, 0.25) is 0 Å². The molecule has 1 atom stereocenters. The quantitative estimate of drug-likeness (QED) is 0.708. The number of methoxy groups -OCH3 is 1. The Bertz CT molecular complexity index is 736. The number of ether oxygens (including phenoxy) is 1. The van der Waals surface area contributed by atoms with Gasteiger partial charge >= 0.3 is 6.03 Å². The van der Waals surface area contributed by atoms with Gasteiger partial charge in [0.15, 0.2) is 0 Å². The molecule has 1 spiro atoms. The van der Waals surface area contributed by atoms with Crippen LogP contribution in [0.4, 0.5) is 4.79 Å². The summed E-state index contributed by atoms with van der Waals surface area (Å²) < 4.78 is 5.60. The molecule has 29 heavy (non-hydrogen) atoms. The molecule has 0 radical (unpaired) electrons. The number of hydrogen-bond donors (Lipinski definition) is 1. The van der Waals surface area contributed by atoms with E-state index in [1.165, 1.54) is 21.6 Å². The molecule has 3 amide bonds. The van der Waals surface area contributed by atoms with Crippen LogP contribution in [-0.2, 0) is 22.4 Å². The normalized spacial score (nSPS) is 26.0. The first-order chi connectivity index (χ1) is 13.8. The fourth-order valence-electron chi connectivity index (χ4n) is 5.18. The summed E-state index contributed by atoms with van der Waals surface area (Å²) in [6.07, 6.45) is 7.02. The van der Waals surface area contributed by atoms with Crippen molar-refractivity contribution >= 4 is 12.4 Å². The maximum absolute atomic E-state index is 12.9. The van der Waals surface area contributed by atoms with E-state index in [4.69, 9.17) is 4.74 Å². The summed E-state index contributed by atoms with van der Waals surface area (Å²) in [7, 11) is 1.79. The lowest BCUT2D eigenvalue weighted by Crippen LogP contribution is -2.48. The molecule has 1 aromatic rings. The number of nitrogens with one attached hydrogen (secondary N) is 1. The van der Waals surface area contributed by atoms with Crippen molar-refractivity contribution in [2.24, 2.45) is 11.3 Å². The number of benzene rings is 1. The van der Waals surface area contributed by atoms with Gasteiger partial charge in [-0.15, -0.1) is 0 Å². The lowest BCUT2D eigenvalue weighted by Gasteiger charge is -2.42. The highest BCUT2D eigenvalue weighted by atomic mass is 16.5. The van der Waals surface area contributed by atoms with Gasteiger partial charge in [-0.05, 0) is 80.4 Å². The topological polar surface area (TPSA) is 58.6 Å². The Kier molecular flexibility index (Phi) is 6.67. The van der Waals surface area contributed by atoms with Crippen molar-refractivity contribution in [3.8, 4) is 0 Å². The molecule has 0 heterocycles. The van der Waals surface area contributed by atoms with Crippen LogP contribution in [0.5, 0.6) is 0 Å². The first-order valence-electron chi connectivity index (χ1n) is 11.0. The second kappa shape index (κ2) is 8.86. The predicted molar refractivity (Wildman–Crippen MR) is 115 cm³/mol. The first kappa shape index (κ1) is 21.8. The molecule has 3 rings (SSSR count). The highest BCUT2D eigenvalue weighted by Crippen LogP contribution is 2.54. The number of urea groups is 1. The van der Waals surface area contributed by atoms with Crippen molar-refractivity contribution in [3.05, 3.63) is 34.9 Å². The zero-order chi connectivity index (χ0) is 21.2. The predicted octanol–water partition coefficient (Wildman–Crippen LogP) is 4.63. The summed E-state index contributed by atoms with van der Waals surface area (Å²) in [5, 5.41) is 3.26. The van der Waals surface area contributed by atoms with Crippen LogP contribution in [0.3, 0.4) is 0 Å². The SMILES string of the molecule is CO[C@H]1CC[C@]2(CC1)Cc1ccc(CC(C)C)cc1C2NC(=O)N(C=O)C(C)C. The third-order valence-electron chi connectivity index (χ3n) is 6.75. The van der Waals surface area contributed by atoms with Crippen molar-refractivity contribution in [1.29, 1.82) is 0 Å². The monoisotopic (exact) mass is 400 g/mol. The van der Waals surface area contributed by atoms with Crippen LogP contribution in [0.25, 0.3) is 0 Å². The van der Waals surface area contributed by atoms with Gasteiger partial charge in [0, 0.05) is 13.2 Å². The molecular formula is C24H36N2O3. The fourth-order valence-corrected chi connectivity index (χ4v) is 5.18. The number of amides is 3. The number of rotatable bonds is 6. The molecule has 2 aliphatic rings. The second-order valence-corrected chi connectivity index (χ2v) is 9.59. The minimum Gasteiger partial charge on any atom is -0.381 e. The number of nitrogens with zero attached hydrogens (tertiary/aromatic N) is 1. The molecule has 1 N–H and O–H groups in total. The maximum atomic E-state index is 12.9. The standard InChI is InChI=1S/C24H36N2O3/c1-16(2)12-18-6-7-19-14-24(10-8-20(29-5)9-11-24)22(21(19)13-18)25-23(28)26(15-27)17(3)4/h6-7,13,15-17,20,22H,8-12,14H2,1-5H3,(H,25,28)/t20-,22?,24-. The molecule has 1 saturated carbocycles. The number of fused-ring (bicyclic) bond motifs is 1. The van der Waals surface area contributed by atoms with E-state index in [0.29, 0.717) is 18.4 Å². The van der Waals surface area contributed by atoms with Gasteiger partial charge in [-0.3, -0.25) is 9.69 Å². The van der Waals surface area contributed by atoms with E-state index in [1.54, 1.807) is 7.11 Å². The van der Waals surface area contributed by atoms with Crippen LogP contribution in [0.1, 0.15) is 76.1 Å². The Hall–Kier alpha value is -1.88. The summed E-state index contributed by atoms with van der Waals surface area (Å²) >= 11 is 0. The van der Waals surface area contributed by atoms with Gasteiger partial charge in [-0.25, -0.2) is 4.79 Å². The van der Waals surface area contributed by atoms with Crippen LogP contribution < -0.4 is 5.32 Å². The highest BCUT2D eigenvalue weighted by molar-refractivity contribution is 5.85. The summed E-state index contributed by atoms with van der Waals surface area (Å²) in [6, 6.07) is 6.26. The molecule has 160 valence electrons. The van der Waals surface area contributed by atoms with Gasteiger partial charge in [0.25, 0.3) is 0 Å². The van der Waals surface area contributed by atoms with Crippen LogP contribution in [0.15, 0.2) is 18.2 Å². The van der Waals surface area contributed by atoms with Crippen LogP contribution in [0, 0.1) is 11.3 Å². The number of imide groups is 1. The van der Waals surface area contributed by atoms with E-state index < -0.39 is 0 Å². The third-order valence-corrected chi connectivity index (χ3v) is 6.75. The highest BCUT2D eigenvalue weighted by Gasteiger charge is 2.49. The Morgan fingerprint density at radius 1 is 1.28 bits per heavy atom. The molecule has 1 unspecified atom stereocenters. The molecule has 1 aromatic carbocycles. The molecule has 5 heteroatoms. The number of hydrogen-bond acceptors (Lipinski definition) is 3. The Morgan fingerprint density at radius 3 is 2.52 bits per heavy atom. The number of carbonyl (C=O) groups excluding carboxylic acids is 2. The van der Waals surface area contributed by atoms with Gasteiger partial charge in [-0.1, -0.05) is 32.0 Å². The Morgan fingerprint density at radius 2 is 1.97 bits per heavy atom.